The number of carbonyl (C=O) groups excluding carboxylic acids is 1. The summed E-state index contributed by atoms with van der Waals surface area (Å²) in [6.07, 6.45) is -5.05. The van der Waals surface area contributed by atoms with Crippen LogP contribution < -0.4 is 0 Å². The molecule has 1 aliphatic heterocycles. The van der Waals surface area contributed by atoms with Gasteiger partial charge in [0.1, 0.15) is 18.3 Å². The first-order chi connectivity index (χ1) is 5.54. The Hall–Kier alpha value is -0.140. The highest BCUT2D eigenvalue weighted by Crippen LogP contribution is 2.16. The minimum Gasteiger partial charge on any atom is -0.388 e. The Labute approximate surface area is 74.4 Å². The first-order valence-electron chi connectivity index (χ1n) is 3.42. The van der Waals surface area contributed by atoms with E-state index in [1.165, 1.54) is 0 Å². The van der Waals surface area contributed by atoms with E-state index in [1.807, 2.05) is 0 Å². The van der Waals surface area contributed by atoms with Gasteiger partial charge in [-0.05, 0) is 0 Å². The second-order valence-corrected chi connectivity index (χ2v) is 3.08. The van der Waals surface area contributed by atoms with Crippen LogP contribution in [-0.2, 0) is 9.53 Å². The third-order valence-corrected chi connectivity index (χ3v) is 2.00. The average Bonchev–Trinajstić information content (AvgIpc) is 2.00. The number of rotatable bonds is 1. The number of aliphatic hydroxyl groups is 3. The van der Waals surface area contributed by atoms with Crippen LogP contribution in [0, 0.1) is 0 Å². The molecular weight excluding hydrogens is 184 g/mol. The van der Waals surface area contributed by atoms with Gasteiger partial charge in [-0.3, -0.25) is 4.79 Å². The molecule has 0 aliphatic carbocycles. The highest BCUT2D eigenvalue weighted by atomic mass is 32.1. The lowest BCUT2D eigenvalue weighted by atomic mass is 10.0. The standard InChI is InChI=1S/C6H10O5S/c7-2-1-11-5(6(10)12)4(9)3(2)8/h2-5,7-9H,1H2,(H,10,12)/t2-,3+,4-,5-/m0/s1. The normalized spacial score (nSPS) is 42.7. The maximum atomic E-state index is 10.6. The van der Waals surface area contributed by atoms with Crippen molar-refractivity contribution >= 4 is 17.7 Å². The van der Waals surface area contributed by atoms with E-state index >= 15 is 0 Å². The largest absolute Gasteiger partial charge is 0.388 e. The Balaban J connectivity index is 2.65. The number of carbonyl (C=O) groups is 1. The molecule has 1 heterocycles. The van der Waals surface area contributed by atoms with Crippen LogP contribution in [0.1, 0.15) is 0 Å². The first kappa shape index (κ1) is 9.94. The van der Waals surface area contributed by atoms with E-state index in [4.69, 9.17) is 14.9 Å². The number of ether oxygens (including phenoxy) is 1. The minimum absolute atomic E-state index is 0.171. The highest BCUT2D eigenvalue weighted by Gasteiger charge is 2.40. The molecular formula is C6H10O5S. The first-order valence-corrected chi connectivity index (χ1v) is 3.87. The lowest BCUT2D eigenvalue weighted by Crippen LogP contribution is -2.54. The van der Waals surface area contributed by atoms with Crippen LogP contribution >= 0.6 is 12.6 Å². The van der Waals surface area contributed by atoms with Crippen molar-refractivity contribution in [3.8, 4) is 0 Å². The van der Waals surface area contributed by atoms with Crippen LogP contribution in [0.15, 0.2) is 0 Å². The molecule has 0 saturated carbocycles. The molecule has 3 N–H and O–H groups in total. The summed E-state index contributed by atoms with van der Waals surface area (Å²) in [6, 6.07) is 0. The summed E-state index contributed by atoms with van der Waals surface area (Å²) in [5, 5.41) is 26.6. The maximum absolute atomic E-state index is 10.6. The molecule has 5 nitrogen and oxygen atoms in total. The fourth-order valence-electron chi connectivity index (χ4n) is 1.02. The van der Waals surface area contributed by atoms with Gasteiger partial charge in [0.15, 0.2) is 6.10 Å². The molecule has 1 saturated heterocycles. The number of aliphatic hydroxyl groups excluding tert-OH is 3. The molecule has 1 rings (SSSR count). The van der Waals surface area contributed by atoms with Gasteiger partial charge in [-0.2, -0.15) is 0 Å². The predicted molar refractivity (Wildman–Crippen MR) is 41.8 cm³/mol. The minimum atomic E-state index is -1.40. The molecule has 1 aliphatic rings. The van der Waals surface area contributed by atoms with Crippen LogP contribution in [-0.4, -0.2) is 51.5 Å². The fraction of sp³-hybridized carbons (Fsp3) is 0.833. The zero-order valence-electron chi connectivity index (χ0n) is 6.12. The molecule has 0 aromatic heterocycles. The number of hydrogen-bond acceptors (Lipinski definition) is 5. The topological polar surface area (TPSA) is 87.0 Å². The van der Waals surface area contributed by atoms with Gasteiger partial charge >= 0.3 is 0 Å². The summed E-state index contributed by atoms with van der Waals surface area (Å²) in [6.45, 7) is -0.171. The summed E-state index contributed by atoms with van der Waals surface area (Å²) in [4.78, 5) is 10.6. The molecule has 6 heteroatoms. The monoisotopic (exact) mass is 194 g/mol. The predicted octanol–water partition coefficient (Wildman–Crippen LogP) is -2.08. The van der Waals surface area contributed by atoms with Crippen LogP contribution in [0.5, 0.6) is 0 Å². The van der Waals surface area contributed by atoms with Crippen molar-refractivity contribution in [2.24, 2.45) is 0 Å². The molecule has 0 unspecified atom stereocenters. The van der Waals surface area contributed by atoms with E-state index in [1.54, 1.807) is 0 Å². The Kier molecular flexibility index (Phi) is 3.08. The van der Waals surface area contributed by atoms with Crippen LogP contribution in [0.3, 0.4) is 0 Å². The smallest absolute Gasteiger partial charge is 0.217 e. The zero-order chi connectivity index (χ0) is 9.30. The zero-order valence-corrected chi connectivity index (χ0v) is 7.02. The molecule has 1 fully saturated rings. The summed E-state index contributed by atoms with van der Waals surface area (Å²) in [5.74, 6) is 0. The van der Waals surface area contributed by atoms with Crippen molar-refractivity contribution < 1.29 is 24.9 Å². The van der Waals surface area contributed by atoms with Gasteiger partial charge in [-0.15, -0.1) is 12.6 Å². The van der Waals surface area contributed by atoms with Gasteiger partial charge in [0.25, 0.3) is 0 Å². The molecule has 0 bridgehead atoms. The number of hydrogen-bond donors (Lipinski definition) is 4. The molecule has 12 heavy (non-hydrogen) atoms. The summed E-state index contributed by atoms with van der Waals surface area (Å²) in [5.41, 5.74) is 0. The molecule has 0 radical (unpaired) electrons. The lowest BCUT2D eigenvalue weighted by Gasteiger charge is -2.33. The van der Waals surface area contributed by atoms with Gasteiger partial charge in [-0.1, -0.05) is 0 Å². The van der Waals surface area contributed by atoms with Gasteiger partial charge in [0.05, 0.1) is 6.61 Å². The summed E-state index contributed by atoms with van der Waals surface area (Å²) >= 11 is 3.45. The Bertz CT molecular complexity index is 185. The third-order valence-electron chi connectivity index (χ3n) is 1.74. The molecule has 0 aromatic carbocycles. The van der Waals surface area contributed by atoms with Crippen LogP contribution in [0.4, 0.5) is 0 Å². The van der Waals surface area contributed by atoms with E-state index < -0.39 is 29.5 Å². The van der Waals surface area contributed by atoms with Crippen LogP contribution in [0.2, 0.25) is 0 Å². The van der Waals surface area contributed by atoms with Gasteiger partial charge in [0, 0.05) is 0 Å². The summed E-state index contributed by atoms with van der Waals surface area (Å²) in [7, 11) is 0. The second-order valence-electron chi connectivity index (χ2n) is 2.64. The van der Waals surface area contributed by atoms with E-state index in [9.17, 15) is 9.90 Å². The third kappa shape index (κ3) is 1.78. The van der Waals surface area contributed by atoms with E-state index in [0.717, 1.165) is 0 Å². The molecule has 0 aromatic rings. The van der Waals surface area contributed by atoms with Crippen molar-refractivity contribution in [1.82, 2.24) is 0 Å². The van der Waals surface area contributed by atoms with Crippen molar-refractivity contribution in [3.63, 3.8) is 0 Å². The van der Waals surface area contributed by atoms with E-state index in [-0.39, 0.29) is 6.61 Å². The number of thiol groups is 1. The van der Waals surface area contributed by atoms with E-state index in [2.05, 4.69) is 12.6 Å². The van der Waals surface area contributed by atoms with Gasteiger partial charge in [0.2, 0.25) is 5.12 Å². The highest BCUT2D eigenvalue weighted by molar-refractivity contribution is 7.96. The van der Waals surface area contributed by atoms with E-state index in [0.29, 0.717) is 0 Å². The second kappa shape index (κ2) is 3.71. The Morgan fingerprint density at radius 2 is 1.92 bits per heavy atom. The molecule has 0 spiro atoms. The Morgan fingerprint density at radius 3 is 2.42 bits per heavy atom. The van der Waals surface area contributed by atoms with Crippen molar-refractivity contribution in [1.29, 1.82) is 0 Å². The average molecular weight is 194 g/mol. The molecule has 4 atom stereocenters. The van der Waals surface area contributed by atoms with Crippen molar-refractivity contribution in [3.05, 3.63) is 0 Å². The van der Waals surface area contributed by atoms with Gasteiger partial charge < -0.3 is 20.1 Å². The fourth-order valence-corrected chi connectivity index (χ4v) is 1.25. The van der Waals surface area contributed by atoms with Crippen LogP contribution in [0.25, 0.3) is 0 Å². The quantitative estimate of drug-likeness (QED) is 0.360. The van der Waals surface area contributed by atoms with Crippen molar-refractivity contribution in [2.45, 2.75) is 24.4 Å². The lowest BCUT2D eigenvalue weighted by molar-refractivity contribution is -0.186. The summed E-state index contributed by atoms with van der Waals surface area (Å²) < 4.78 is 4.75. The Morgan fingerprint density at radius 1 is 1.33 bits per heavy atom. The SMILES string of the molecule is O=C(S)[C@H]1OC[C@H](O)[C@@H](O)[C@@H]1O. The van der Waals surface area contributed by atoms with Gasteiger partial charge in [-0.25, -0.2) is 0 Å². The molecule has 70 valence electrons. The molecule has 0 amide bonds. The van der Waals surface area contributed by atoms with Crippen molar-refractivity contribution in [2.75, 3.05) is 6.61 Å². The maximum Gasteiger partial charge on any atom is 0.217 e.